The van der Waals surface area contributed by atoms with E-state index in [2.05, 4.69) is 165 Å². The summed E-state index contributed by atoms with van der Waals surface area (Å²) in [4.78, 5) is 2.34. The van der Waals surface area contributed by atoms with Crippen LogP contribution in [0, 0.1) is 11.8 Å². The van der Waals surface area contributed by atoms with Crippen molar-refractivity contribution < 1.29 is 0 Å². The van der Waals surface area contributed by atoms with Gasteiger partial charge in [0.05, 0.1) is 21.5 Å². The van der Waals surface area contributed by atoms with Crippen LogP contribution in [0.2, 0.25) is 0 Å². The summed E-state index contributed by atoms with van der Waals surface area (Å²) in [7, 11) is 0. The van der Waals surface area contributed by atoms with Crippen LogP contribution in [0.25, 0.3) is 54.1 Å². The summed E-state index contributed by atoms with van der Waals surface area (Å²) in [6, 6.07) is 48.1. The molecule has 0 spiro atoms. The van der Waals surface area contributed by atoms with Crippen LogP contribution in [0.5, 0.6) is 0 Å². The number of hydrogen-bond acceptors (Lipinski definition) is 2. The molecule has 9 aromatic rings. The highest BCUT2D eigenvalue weighted by atomic mass is 32.1. The van der Waals surface area contributed by atoms with E-state index in [1.165, 1.54) is 65.2 Å². The number of fused-ring (bicyclic) bond motifs is 6. The van der Waals surface area contributed by atoms with E-state index in [0.29, 0.717) is 0 Å². The fourth-order valence-corrected chi connectivity index (χ4v) is 8.33. The molecule has 0 bridgehead atoms. The van der Waals surface area contributed by atoms with Gasteiger partial charge in [0.15, 0.2) is 0 Å². The lowest BCUT2D eigenvalue weighted by molar-refractivity contribution is 0.866. The van der Waals surface area contributed by atoms with E-state index in [0.717, 1.165) is 23.5 Å². The molecular weight excluding hydrogens is 597 g/mol. The molecule has 0 atom stereocenters. The van der Waals surface area contributed by atoms with Crippen LogP contribution in [0.15, 0.2) is 144 Å². The quantitative estimate of drug-likeness (QED) is 0.169. The number of nitrogens with zero attached hydrogens (tertiary/aromatic N) is 2. The van der Waals surface area contributed by atoms with Gasteiger partial charge in [-0.2, -0.15) is 0 Å². The average Bonchev–Trinajstić information content (AvgIpc) is 3.93. The topological polar surface area (TPSA) is 9.86 Å². The second kappa shape index (κ2) is 11.2. The highest BCUT2D eigenvalue weighted by Gasteiger charge is 2.27. The Labute approximate surface area is 275 Å². The third-order valence-corrected chi connectivity index (χ3v) is 10.6. The number of thiophene rings is 2. The lowest BCUT2D eigenvalue weighted by Crippen LogP contribution is -2.03. The zero-order valence-electron chi connectivity index (χ0n) is 25.0. The van der Waals surface area contributed by atoms with Gasteiger partial charge < -0.3 is 9.13 Å². The van der Waals surface area contributed by atoms with Gasteiger partial charge >= 0.3 is 0 Å². The van der Waals surface area contributed by atoms with E-state index < -0.39 is 0 Å². The van der Waals surface area contributed by atoms with Crippen LogP contribution in [0.4, 0.5) is 0 Å². The van der Waals surface area contributed by atoms with E-state index in [-0.39, 0.29) is 0 Å². The van der Waals surface area contributed by atoms with Gasteiger partial charge in [0, 0.05) is 56.1 Å². The van der Waals surface area contributed by atoms with Gasteiger partial charge in [-0.05, 0) is 46.2 Å². The zero-order valence-corrected chi connectivity index (χ0v) is 26.6. The molecule has 0 aliphatic rings. The average molecular weight is 625 g/mol. The van der Waals surface area contributed by atoms with E-state index >= 15 is 0 Å². The minimum atomic E-state index is 0.760. The second-order valence-electron chi connectivity index (χ2n) is 11.6. The highest BCUT2D eigenvalue weighted by molar-refractivity contribution is 7.13. The molecule has 0 aliphatic carbocycles. The van der Waals surface area contributed by atoms with Crippen molar-refractivity contribution >= 4 is 66.3 Å². The Bertz CT molecular complexity index is 2550. The van der Waals surface area contributed by atoms with Gasteiger partial charge in [-0.25, -0.2) is 0 Å². The molecule has 0 saturated heterocycles. The number of aromatic nitrogens is 2. The van der Waals surface area contributed by atoms with Crippen molar-refractivity contribution in [2.75, 3.05) is 0 Å². The third kappa shape index (κ3) is 4.40. The van der Waals surface area contributed by atoms with Crippen molar-refractivity contribution in [1.82, 2.24) is 9.13 Å². The van der Waals surface area contributed by atoms with Crippen molar-refractivity contribution in [2.24, 2.45) is 0 Å². The molecule has 0 aliphatic heterocycles. The predicted octanol–water partition coefficient (Wildman–Crippen LogP) is 11.2. The lowest BCUT2D eigenvalue weighted by Gasteiger charge is -2.15. The first-order valence-corrected chi connectivity index (χ1v) is 17.3. The molecule has 4 aromatic heterocycles. The fraction of sp³-hybridized carbons (Fsp3) is 0.0476. The molecule has 0 unspecified atom stereocenters. The molecule has 0 saturated carbocycles. The number of hydrogen-bond donors (Lipinski definition) is 0. The molecule has 0 radical (unpaired) electrons. The molecule has 2 nitrogen and oxygen atoms in total. The summed E-state index contributed by atoms with van der Waals surface area (Å²) < 4.78 is 5.05. The van der Waals surface area contributed by atoms with Gasteiger partial charge in [0.1, 0.15) is 0 Å². The first-order chi connectivity index (χ1) is 22.8. The van der Waals surface area contributed by atoms with Crippen LogP contribution in [0.1, 0.15) is 21.6 Å². The molecule has 218 valence electrons. The Kier molecular flexibility index (Phi) is 6.59. The van der Waals surface area contributed by atoms with Crippen molar-refractivity contribution in [1.29, 1.82) is 0 Å². The van der Waals surface area contributed by atoms with Crippen LogP contribution in [-0.4, -0.2) is 9.13 Å². The van der Waals surface area contributed by atoms with E-state index in [1.807, 2.05) is 11.3 Å². The van der Waals surface area contributed by atoms with E-state index in [1.54, 1.807) is 11.3 Å². The van der Waals surface area contributed by atoms with Gasteiger partial charge in [-0.15, -0.1) is 22.7 Å². The van der Waals surface area contributed by atoms with Gasteiger partial charge in [0.25, 0.3) is 0 Å². The minimum absolute atomic E-state index is 0.760. The fourth-order valence-electron chi connectivity index (χ4n) is 6.99. The van der Waals surface area contributed by atoms with Crippen LogP contribution >= 0.6 is 22.7 Å². The highest BCUT2D eigenvalue weighted by Crippen LogP contribution is 2.48. The van der Waals surface area contributed by atoms with Crippen LogP contribution < -0.4 is 0 Å². The number of para-hydroxylation sites is 2. The summed E-state index contributed by atoms with van der Waals surface area (Å²) in [5.74, 6) is 7.38. The second-order valence-corrected chi connectivity index (χ2v) is 13.5. The Morgan fingerprint density at radius 3 is 1.65 bits per heavy atom. The van der Waals surface area contributed by atoms with Crippen LogP contribution in [0.3, 0.4) is 0 Å². The first-order valence-electron chi connectivity index (χ1n) is 15.5. The SMILES string of the molecule is C(#Cc1c2c3ccccc3n(Cc3ccccc3)c2c(-c2cccs2)c2c3ccccc3n(Cc3ccccc3)c12)c1cccs1. The maximum atomic E-state index is 3.79. The molecular formula is C42H28N2S2. The van der Waals surface area contributed by atoms with E-state index in [4.69, 9.17) is 0 Å². The summed E-state index contributed by atoms with van der Waals surface area (Å²) in [5.41, 5.74) is 9.83. The standard InChI is InChI=1S/C42H28N2S2/c1-3-13-29(14-4-1)27-43-36-21-10-8-19-33(36)39-40(37-22-12-26-46-37)42-38(34(41(39)43)24-23-31-17-11-25-45-31)32-18-7-9-20-35(32)44(42)28-30-15-5-2-6-16-30/h1-22,25-26H,27-28H2. The largest absolute Gasteiger partial charge is 0.335 e. The number of benzene rings is 5. The molecule has 4 heteroatoms. The van der Waals surface area contributed by atoms with Crippen molar-refractivity contribution in [3.05, 3.63) is 166 Å². The Hall–Kier alpha value is -5.34. The van der Waals surface area contributed by atoms with Crippen molar-refractivity contribution in [3.63, 3.8) is 0 Å². The van der Waals surface area contributed by atoms with Crippen molar-refractivity contribution in [3.8, 4) is 22.3 Å². The number of rotatable bonds is 5. The molecule has 5 aromatic carbocycles. The maximum Gasteiger partial charge on any atom is 0.0772 e. The summed E-state index contributed by atoms with van der Waals surface area (Å²) in [6.45, 7) is 1.53. The smallest absolute Gasteiger partial charge is 0.0772 e. The van der Waals surface area contributed by atoms with E-state index in [9.17, 15) is 0 Å². The van der Waals surface area contributed by atoms with Crippen LogP contribution in [-0.2, 0) is 13.1 Å². The van der Waals surface area contributed by atoms with Gasteiger partial charge in [-0.3, -0.25) is 0 Å². The maximum absolute atomic E-state index is 3.79. The molecule has 4 heterocycles. The molecule has 9 rings (SSSR count). The summed E-state index contributed by atoms with van der Waals surface area (Å²) in [6.07, 6.45) is 0. The molecule has 0 N–H and O–H groups in total. The molecule has 46 heavy (non-hydrogen) atoms. The molecule has 0 fully saturated rings. The summed E-state index contributed by atoms with van der Waals surface area (Å²) in [5, 5.41) is 9.30. The van der Waals surface area contributed by atoms with Gasteiger partial charge in [-0.1, -0.05) is 121 Å². The molecule has 0 amide bonds. The minimum Gasteiger partial charge on any atom is -0.335 e. The third-order valence-electron chi connectivity index (χ3n) is 8.88. The Morgan fingerprint density at radius 1 is 0.478 bits per heavy atom. The predicted molar refractivity (Wildman–Crippen MR) is 197 cm³/mol. The van der Waals surface area contributed by atoms with Gasteiger partial charge in [0.2, 0.25) is 0 Å². The summed E-state index contributed by atoms with van der Waals surface area (Å²) >= 11 is 3.51. The monoisotopic (exact) mass is 624 g/mol. The van der Waals surface area contributed by atoms with Crippen molar-refractivity contribution in [2.45, 2.75) is 13.1 Å². The zero-order chi connectivity index (χ0) is 30.5. The Morgan fingerprint density at radius 2 is 1.04 bits per heavy atom. The lowest BCUT2D eigenvalue weighted by atomic mass is 9.95. The normalized spacial score (nSPS) is 11.5. The Balaban J connectivity index is 1.53. The first kappa shape index (κ1) is 27.0.